The summed E-state index contributed by atoms with van der Waals surface area (Å²) in [6, 6.07) is 11.6. The highest BCUT2D eigenvalue weighted by molar-refractivity contribution is 5.79. The summed E-state index contributed by atoms with van der Waals surface area (Å²) in [5.41, 5.74) is 2.50. The van der Waals surface area contributed by atoms with Gasteiger partial charge in [0.25, 0.3) is 0 Å². The molecule has 2 nitrogen and oxygen atoms in total. The van der Waals surface area contributed by atoms with Crippen molar-refractivity contribution in [1.29, 1.82) is 0 Å². The van der Waals surface area contributed by atoms with Gasteiger partial charge in [-0.2, -0.15) is 0 Å². The molecule has 0 saturated carbocycles. The van der Waals surface area contributed by atoms with Crippen LogP contribution in [0.3, 0.4) is 0 Å². The van der Waals surface area contributed by atoms with Gasteiger partial charge in [-0.15, -0.1) is 0 Å². The molecular weight excluding hydrogens is 258 g/mol. The lowest BCUT2D eigenvalue weighted by Gasteiger charge is -2.07. The minimum Gasteiger partial charge on any atom is -0.361 e. The zero-order valence-electron chi connectivity index (χ0n) is 10.8. The summed E-state index contributed by atoms with van der Waals surface area (Å²) in [7, 11) is 0. The van der Waals surface area contributed by atoms with E-state index in [0.29, 0.717) is 18.7 Å². The van der Waals surface area contributed by atoms with Crippen LogP contribution in [0.2, 0.25) is 0 Å². The summed E-state index contributed by atoms with van der Waals surface area (Å²) in [6.45, 7) is 0.900. The third kappa shape index (κ3) is 2.70. The minimum absolute atomic E-state index is 0.298. The molecular formula is C16H14F2N2. The highest BCUT2D eigenvalue weighted by atomic mass is 19.1. The molecule has 1 heterocycles. The maximum absolute atomic E-state index is 13.5. The van der Waals surface area contributed by atoms with E-state index >= 15 is 0 Å². The summed E-state index contributed by atoms with van der Waals surface area (Å²) in [6.07, 6.45) is 1.89. The molecule has 1 aromatic heterocycles. The third-order valence-electron chi connectivity index (χ3n) is 3.27. The van der Waals surface area contributed by atoms with Crippen molar-refractivity contribution in [3.63, 3.8) is 0 Å². The largest absolute Gasteiger partial charge is 0.361 e. The molecule has 0 aliphatic carbocycles. The fourth-order valence-corrected chi connectivity index (χ4v) is 2.23. The first-order chi connectivity index (χ1) is 9.72. The second kappa shape index (κ2) is 5.43. The van der Waals surface area contributed by atoms with Gasteiger partial charge in [-0.25, -0.2) is 8.78 Å². The van der Waals surface area contributed by atoms with E-state index in [1.54, 1.807) is 0 Å². The fourth-order valence-electron chi connectivity index (χ4n) is 2.23. The Hall–Kier alpha value is -2.20. The number of nitrogens with one attached hydrogen (secondary N) is 2. The van der Waals surface area contributed by atoms with Crippen LogP contribution in [0.4, 0.5) is 8.78 Å². The Morgan fingerprint density at radius 1 is 0.950 bits per heavy atom. The van der Waals surface area contributed by atoms with E-state index < -0.39 is 11.6 Å². The Balaban J connectivity index is 1.65. The van der Waals surface area contributed by atoms with E-state index in [-0.39, 0.29) is 0 Å². The van der Waals surface area contributed by atoms with Crippen LogP contribution < -0.4 is 5.32 Å². The standard InChI is InChI=1S/C16H14F2N2/c17-14-3-4-15(18)13(8-14)10-19-9-11-1-2-12-5-6-20-16(12)7-11/h1-8,19-20H,9-10H2. The molecule has 0 bridgehead atoms. The van der Waals surface area contributed by atoms with Gasteiger partial charge in [0.1, 0.15) is 11.6 Å². The summed E-state index contributed by atoms with van der Waals surface area (Å²) in [4.78, 5) is 3.15. The average molecular weight is 272 g/mol. The molecule has 102 valence electrons. The maximum atomic E-state index is 13.5. The number of halogens is 2. The zero-order chi connectivity index (χ0) is 13.9. The normalized spacial score (nSPS) is 11.1. The maximum Gasteiger partial charge on any atom is 0.127 e. The molecule has 2 aromatic carbocycles. The van der Waals surface area contributed by atoms with Crippen molar-refractivity contribution in [2.24, 2.45) is 0 Å². The fraction of sp³-hybridized carbons (Fsp3) is 0.125. The van der Waals surface area contributed by atoms with Crippen LogP contribution in [0.1, 0.15) is 11.1 Å². The number of benzene rings is 2. The van der Waals surface area contributed by atoms with Gasteiger partial charge < -0.3 is 10.3 Å². The van der Waals surface area contributed by atoms with Crippen LogP contribution in [-0.2, 0) is 13.1 Å². The van der Waals surface area contributed by atoms with Crippen LogP contribution in [0, 0.1) is 11.6 Å². The van der Waals surface area contributed by atoms with Crippen molar-refractivity contribution in [2.75, 3.05) is 0 Å². The van der Waals surface area contributed by atoms with E-state index in [1.165, 1.54) is 6.07 Å². The van der Waals surface area contributed by atoms with E-state index in [0.717, 1.165) is 28.6 Å². The Morgan fingerprint density at radius 2 is 1.85 bits per heavy atom. The number of H-pyrrole nitrogens is 1. The third-order valence-corrected chi connectivity index (χ3v) is 3.27. The Bertz CT molecular complexity index is 734. The predicted octanol–water partition coefficient (Wildman–Crippen LogP) is 3.74. The summed E-state index contributed by atoms with van der Waals surface area (Å²) in [5, 5.41) is 4.28. The molecule has 0 amide bonds. The van der Waals surface area contributed by atoms with Crippen LogP contribution in [0.5, 0.6) is 0 Å². The van der Waals surface area contributed by atoms with Crippen LogP contribution >= 0.6 is 0 Å². The lowest BCUT2D eigenvalue weighted by Crippen LogP contribution is -2.13. The lowest BCUT2D eigenvalue weighted by molar-refractivity contribution is 0.568. The summed E-state index contributed by atoms with van der Waals surface area (Å²) in [5.74, 6) is -0.810. The van der Waals surface area contributed by atoms with Gasteiger partial charge in [0, 0.05) is 30.4 Å². The van der Waals surface area contributed by atoms with Crippen molar-refractivity contribution in [1.82, 2.24) is 10.3 Å². The summed E-state index contributed by atoms with van der Waals surface area (Å²) < 4.78 is 26.5. The molecule has 0 aliphatic heterocycles. The van der Waals surface area contributed by atoms with Gasteiger partial charge in [0.15, 0.2) is 0 Å². The van der Waals surface area contributed by atoms with Crippen LogP contribution in [0.25, 0.3) is 10.9 Å². The first-order valence-electron chi connectivity index (χ1n) is 6.43. The van der Waals surface area contributed by atoms with E-state index in [9.17, 15) is 8.78 Å². The lowest BCUT2D eigenvalue weighted by atomic mass is 10.1. The smallest absolute Gasteiger partial charge is 0.127 e. The van der Waals surface area contributed by atoms with Gasteiger partial charge in [-0.05, 0) is 41.3 Å². The van der Waals surface area contributed by atoms with Crippen LogP contribution in [-0.4, -0.2) is 4.98 Å². The van der Waals surface area contributed by atoms with Crippen molar-refractivity contribution in [3.05, 3.63) is 71.4 Å². The zero-order valence-corrected chi connectivity index (χ0v) is 10.8. The molecule has 0 unspecified atom stereocenters. The van der Waals surface area contributed by atoms with Crippen molar-refractivity contribution < 1.29 is 8.78 Å². The SMILES string of the molecule is Fc1ccc(F)c(CNCc2ccc3cc[nH]c3c2)c1. The average Bonchev–Trinajstić information content (AvgIpc) is 2.90. The molecule has 0 spiro atoms. The first-order valence-corrected chi connectivity index (χ1v) is 6.43. The molecule has 20 heavy (non-hydrogen) atoms. The Morgan fingerprint density at radius 3 is 2.75 bits per heavy atom. The molecule has 3 rings (SSSR count). The molecule has 0 saturated heterocycles. The number of rotatable bonds is 4. The number of fused-ring (bicyclic) bond motifs is 1. The molecule has 4 heteroatoms. The van der Waals surface area contributed by atoms with Gasteiger partial charge >= 0.3 is 0 Å². The van der Waals surface area contributed by atoms with Crippen molar-refractivity contribution in [2.45, 2.75) is 13.1 Å². The van der Waals surface area contributed by atoms with Crippen LogP contribution in [0.15, 0.2) is 48.7 Å². The van der Waals surface area contributed by atoms with Crippen molar-refractivity contribution in [3.8, 4) is 0 Å². The van der Waals surface area contributed by atoms with Crippen molar-refractivity contribution >= 4 is 10.9 Å². The van der Waals surface area contributed by atoms with Gasteiger partial charge in [-0.3, -0.25) is 0 Å². The van der Waals surface area contributed by atoms with Gasteiger partial charge in [0.2, 0.25) is 0 Å². The molecule has 0 radical (unpaired) electrons. The number of hydrogen-bond acceptors (Lipinski definition) is 1. The topological polar surface area (TPSA) is 27.8 Å². The van der Waals surface area contributed by atoms with E-state index in [1.807, 2.05) is 30.5 Å². The van der Waals surface area contributed by atoms with E-state index in [4.69, 9.17) is 0 Å². The second-order valence-corrected chi connectivity index (χ2v) is 4.74. The highest BCUT2D eigenvalue weighted by Crippen LogP contribution is 2.14. The summed E-state index contributed by atoms with van der Waals surface area (Å²) >= 11 is 0. The monoisotopic (exact) mass is 272 g/mol. The van der Waals surface area contributed by atoms with E-state index in [2.05, 4.69) is 10.3 Å². The molecule has 3 aromatic rings. The number of aromatic amines is 1. The first kappa shape index (κ1) is 12.8. The molecule has 0 aliphatic rings. The van der Waals surface area contributed by atoms with Gasteiger partial charge in [0.05, 0.1) is 0 Å². The Kier molecular flexibility index (Phi) is 3.48. The van der Waals surface area contributed by atoms with Gasteiger partial charge in [-0.1, -0.05) is 12.1 Å². The highest BCUT2D eigenvalue weighted by Gasteiger charge is 2.03. The number of hydrogen-bond donors (Lipinski definition) is 2. The number of aromatic nitrogens is 1. The minimum atomic E-state index is -0.420. The molecule has 2 N–H and O–H groups in total. The molecule has 0 fully saturated rings. The second-order valence-electron chi connectivity index (χ2n) is 4.74. The Labute approximate surface area is 115 Å². The quantitative estimate of drug-likeness (QED) is 0.744. The predicted molar refractivity (Wildman–Crippen MR) is 75.2 cm³/mol. The molecule has 0 atom stereocenters.